The number of nitrogens with one attached hydrogen (secondary N) is 1. The Hall–Kier alpha value is -0.210. The molecule has 3 heteroatoms. The van der Waals surface area contributed by atoms with E-state index in [-0.39, 0.29) is 0 Å². The van der Waals surface area contributed by atoms with E-state index >= 15 is 0 Å². The fourth-order valence-electron chi connectivity index (χ4n) is 2.43. The zero-order valence-corrected chi connectivity index (χ0v) is 11.8. The Balaban J connectivity index is 2.02. The van der Waals surface area contributed by atoms with Gasteiger partial charge in [-0.15, -0.1) is 0 Å². The van der Waals surface area contributed by atoms with Crippen LogP contribution >= 0.6 is 27.5 Å². The van der Waals surface area contributed by atoms with E-state index in [0.29, 0.717) is 6.04 Å². The van der Waals surface area contributed by atoms with E-state index in [4.69, 9.17) is 11.6 Å². The standard InChI is InChI=1S/C13H17BrClN/c1-9(10-4-2-3-5-10)16-13-7-6-11(14)8-12(13)15/h6-10,16H,2-5H2,1H3. The Morgan fingerprint density at radius 3 is 2.69 bits per heavy atom. The lowest BCUT2D eigenvalue weighted by Crippen LogP contribution is -2.23. The summed E-state index contributed by atoms with van der Waals surface area (Å²) < 4.78 is 1.02. The molecule has 88 valence electrons. The molecular weight excluding hydrogens is 286 g/mol. The highest BCUT2D eigenvalue weighted by Crippen LogP contribution is 2.31. The summed E-state index contributed by atoms with van der Waals surface area (Å²) in [5, 5.41) is 4.32. The Kier molecular flexibility index (Phi) is 4.15. The smallest absolute Gasteiger partial charge is 0.0648 e. The van der Waals surface area contributed by atoms with Crippen molar-refractivity contribution in [3.63, 3.8) is 0 Å². The van der Waals surface area contributed by atoms with E-state index in [2.05, 4.69) is 28.2 Å². The van der Waals surface area contributed by atoms with Gasteiger partial charge in [0.1, 0.15) is 0 Å². The lowest BCUT2D eigenvalue weighted by atomic mass is 9.99. The zero-order chi connectivity index (χ0) is 11.5. The topological polar surface area (TPSA) is 12.0 Å². The molecule has 0 saturated heterocycles. The van der Waals surface area contributed by atoms with Crippen LogP contribution in [0, 0.1) is 5.92 Å². The molecule has 2 rings (SSSR count). The molecule has 1 aliphatic rings. The predicted molar refractivity (Wildman–Crippen MR) is 74.2 cm³/mol. The van der Waals surface area contributed by atoms with Crippen LogP contribution in [-0.2, 0) is 0 Å². The number of anilines is 1. The summed E-state index contributed by atoms with van der Waals surface area (Å²) in [5.41, 5.74) is 1.05. The molecule has 0 aliphatic heterocycles. The second-order valence-electron chi connectivity index (χ2n) is 4.60. The minimum atomic E-state index is 0.515. The second kappa shape index (κ2) is 5.42. The molecule has 1 unspecified atom stereocenters. The van der Waals surface area contributed by atoms with Gasteiger partial charge in [0.25, 0.3) is 0 Å². The summed E-state index contributed by atoms with van der Waals surface area (Å²) in [6.07, 6.45) is 5.46. The van der Waals surface area contributed by atoms with Crippen LogP contribution in [0.1, 0.15) is 32.6 Å². The molecule has 1 N–H and O–H groups in total. The summed E-state index contributed by atoms with van der Waals surface area (Å²) in [6, 6.07) is 6.51. The third-order valence-corrected chi connectivity index (χ3v) is 4.23. The van der Waals surface area contributed by atoms with Crippen molar-refractivity contribution in [1.29, 1.82) is 0 Å². The molecular formula is C13H17BrClN. The summed E-state index contributed by atoms with van der Waals surface area (Å²) >= 11 is 9.60. The van der Waals surface area contributed by atoms with Crippen LogP contribution in [0.15, 0.2) is 22.7 Å². The van der Waals surface area contributed by atoms with Gasteiger partial charge in [0.05, 0.1) is 10.7 Å². The summed E-state index contributed by atoms with van der Waals surface area (Å²) in [7, 11) is 0. The van der Waals surface area contributed by atoms with E-state index in [1.54, 1.807) is 0 Å². The fourth-order valence-corrected chi connectivity index (χ4v) is 3.16. The normalized spacial score (nSPS) is 18.7. The third-order valence-electron chi connectivity index (χ3n) is 3.42. The van der Waals surface area contributed by atoms with Crippen molar-refractivity contribution in [2.24, 2.45) is 5.92 Å². The number of benzene rings is 1. The van der Waals surface area contributed by atoms with Crippen molar-refractivity contribution in [2.75, 3.05) is 5.32 Å². The maximum atomic E-state index is 6.19. The fraction of sp³-hybridized carbons (Fsp3) is 0.538. The van der Waals surface area contributed by atoms with Crippen molar-refractivity contribution in [3.8, 4) is 0 Å². The van der Waals surface area contributed by atoms with Crippen LogP contribution in [0.4, 0.5) is 5.69 Å². The molecule has 1 aliphatic carbocycles. The average molecular weight is 303 g/mol. The molecule has 1 saturated carbocycles. The first-order chi connectivity index (χ1) is 7.66. The van der Waals surface area contributed by atoms with E-state index in [9.17, 15) is 0 Å². The molecule has 1 fully saturated rings. The highest BCUT2D eigenvalue weighted by molar-refractivity contribution is 9.10. The monoisotopic (exact) mass is 301 g/mol. The minimum Gasteiger partial charge on any atom is -0.381 e. The van der Waals surface area contributed by atoms with E-state index < -0.39 is 0 Å². The molecule has 1 aromatic rings. The Morgan fingerprint density at radius 1 is 1.38 bits per heavy atom. The van der Waals surface area contributed by atoms with Gasteiger partial charge in [-0.25, -0.2) is 0 Å². The van der Waals surface area contributed by atoms with E-state index in [1.807, 2.05) is 18.2 Å². The van der Waals surface area contributed by atoms with Crippen molar-refractivity contribution >= 4 is 33.2 Å². The zero-order valence-electron chi connectivity index (χ0n) is 9.47. The number of hydrogen-bond donors (Lipinski definition) is 1. The summed E-state index contributed by atoms with van der Waals surface area (Å²) in [6.45, 7) is 2.26. The molecule has 0 amide bonds. The first-order valence-electron chi connectivity index (χ1n) is 5.88. The van der Waals surface area contributed by atoms with Crippen LogP contribution in [0.25, 0.3) is 0 Å². The van der Waals surface area contributed by atoms with Gasteiger partial charge in [-0.1, -0.05) is 40.4 Å². The molecule has 1 atom stereocenters. The Bertz CT molecular complexity index is 361. The lowest BCUT2D eigenvalue weighted by Gasteiger charge is -2.22. The van der Waals surface area contributed by atoms with Crippen LogP contribution in [0.5, 0.6) is 0 Å². The van der Waals surface area contributed by atoms with Crippen molar-refractivity contribution in [2.45, 2.75) is 38.6 Å². The van der Waals surface area contributed by atoms with Crippen molar-refractivity contribution in [3.05, 3.63) is 27.7 Å². The molecule has 1 aromatic carbocycles. The van der Waals surface area contributed by atoms with Gasteiger partial charge >= 0.3 is 0 Å². The maximum absolute atomic E-state index is 6.19. The van der Waals surface area contributed by atoms with Gasteiger partial charge in [0.15, 0.2) is 0 Å². The molecule has 0 radical (unpaired) electrons. The largest absolute Gasteiger partial charge is 0.381 e. The Labute approximate surface area is 111 Å². The molecule has 1 nitrogen and oxygen atoms in total. The van der Waals surface area contributed by atoms with Crippen LogP contribution in [0.3, 0.4) is 0 Å². The number of rotatable bonds is 3. The lowest BCUT2D eigenvalue weighted by molar-refractivity contribution is 0.482. The first kappa shape index (κ1) is 12.3. The first-order valence-corrected chi connectivity index (χ1v) is 7.05. The predicted octanol–water partition coefficient (Wildman–Crippen LogP) is 5.09. The quantitative estimate of drug-likeness (QED) is 0.819. The van der Waals surface area contributed by atoms with Crippen LogP contribution in [0.2, 0.25) is 5.02 Å². The molecule has 16 heavy (non-hydrogen) atoms. The van der Waals surface area contributed by atoms with Gasteiger partial charge in [-0.2, -0.15) is 0 Å². The summed E-state index contributed by atoms with van der Waals surface area (Å²) in [5.74, 6) is 0.805. The third kappa shape index (κ3) is 2.92. The molecule has 0 spiro atoms. The summed E-state index contributed by atoms with van der Waals surface area (Å²) in [4.78, 5) is 0. The van der Waals surface area contributed by atoms with E-state index in [1.165, 1.54) is 25.7 Å². The number of halogens is 2. The average Bonchev–Trinajstić information content (AvgIpc) is 2.75. The maximum Gasteiger partial charge on any atom is 0.0648 e. The highest BCUT2D eigenvalue weighted by Gasteiger charge is 2.21. The minimum absolute atomic E-state index is 0.515. The van der Waals surface area contributed by atoms with Gasteiger partial charge < -0.3 is 5.32 Å². The van der Waals surface area contributed by atoms with Crippen molar-refractivity contribution in [1.82, 2.24) is 0 Å². The molecule has 0 aromatic heterocycles. The van der Waals surface area contributed by atoms with Gasteiger partial charge in [-0.3, -0.25) is 0 Å². The van der Waals surface area contributed by atoms with Crippen LogP contribution < -0.4 is 5.32 Å². The molecule has 0 heterocycles. The van der Waals surface area contributed by atoms with Gasteiger partial charge in [0, 0.05) is 10.5 Å². The van der Waals surface area contributed by atoms with Gasteiger partial charge in [0.2, 0.25) is 0 Å². The Morgan fingerprint density at radius 2 is 2.06 bits per heavy atom. The highest BCUT2D eigenvalue weighted by atomic mass is 79.9. The second-order valence-corrected chi connectivity index (χ2v) is 5.92. The van der Waals surface area contributed by atoms with Crippen LogP contribution in [-0.4, -0.2) is 6.04 Å². The van der Waals surface area contributed by atoms with Gasteiger partial charge in [-0.05, 0) is 43.9 Å². The SMILES string of the molecule is CC(Nc1ccc(Br)cc1Cl)C1CCCC1. The van der Waals surface area contributed by atoms with Crippen molar-refractivity contribution < 1.29 is 0 Å². The number of hydrogen-bond acceptors (Lipinski definition) is 1. The van der Waals surface area contributed by atoms with E-state index in [0.717, 1.165) is 21.1 Å². The molecule has 0 bridgehead atoms.